The Hall–Kier alpha value is -1.36. The lowest BCUT2D eigenvalue weighted by Gasteiger charge is -2.23. The third kappa shape index (κ3) is 2.97. The number of hydrogen-bond acceptors (Lipinski definition) is 5. The highest BCUT2D eigenvalue weighted by molar-refractivity contribution is 5.50. The van der Waals surface area contributed by atoms with Crippen LogP contribution in [0.3, 0.4) is 0 Å². The zero-order valence-corrected chi connectivity index (χ0v) is 11.3. The molecule has 19 heavy (non-hydrogen) atoms. The molecule has 1 N–H and O–H groups in total. The quantitative estimate of drug-likeness (QED) is 0.874. The Labute approximate surface area is 114 Å². The SMILES string of the molecule is OC1CCN(c2cc(N3CCCCCC3)ncn2)C1. The molecule has 1 aromatic heterocycles. The highest BCUT2D eigenvalue weighted by Gasteiger charge is 2.22. The minimum Gasteiger partial charge on any atom is -0.391 e. The molecule has 0 aliphatic carbocycles. The van der Waals surface area contributed by atoms with Gasteiger partial charge in [0.05, 0.1) is 6.10 Å². The van der Waals surface area contributed by atoms with E-state index in [1.165, 1.54) is 25.7 Å². The Morgan fingerprint density at radius 3 is 2.26 bits per heavy atom. The summed E-state index contributed by atoms with van der Waals surface area (Å²) < 4.78 is 0. The second-order valence-corrected chi connectivity index (χ2v) is 5.52. The zero-order valence-electron chi connectivity index (χ0n) is 11.3. The van der Waals surface area contributed by atoms with Crippen molar-refractivity contribution in [3.63, 3.8) is 0 Å². The van der Waals surface area contributed by atoms with Gasteiger partial charge in [-0.15, -0.1) is 0 Å². The molecule has 1 aromatic rings. The van der Waals surface area contributed by atoms with Crippen molar-refractivity contribution in [2.75, 3.05) is 36.0 Å². The average molecular weight is 262 g/mol. The highest BCUT2D eigenvalue weighted by atomic mass is 16.3. The Bertz CT molecular complexity index is 418. The largest absolute Gasteiger partial charge is 0.391 e. The summed E-state index contributed by atoms with van der Waals surface area (Å²) in [4.78, 5) is 13.3. The molecule has 0 aromatic carbocycles. The molecule has 0 saturated carbocycles. The summed E-state index contributed by atoms with van der Waals surface area (Å²) in [6, 6.07) is 2.07. The van der Waals surface area contributed by atoms with Crippen LogP contribution in [0.1, 0.15) is 32.1 Å². The summed E-state index contributed by atoms with van der Waals surface area (Å²) in [6.45, 7) is 3.77. The summed E-state index contributed by atoms with van der Waals surface area (Å²) >= 11 is 0. The van der Waals surface area contributed by atoms with Gasteiger partial charge in [-0.25, -0.2) is 9.97 Å². The molecule has 5 nitrogen and oxygen atoms in total. The number of aromatic nitrogens is 2. The van der Waals surface area contributed by atoms with E-state index in [4.69, 9.17) is 0 Å². The molecule has 2 aliphatic heterocycles. The van der Waals surface area contributed by atoms with Gasteiger partial charge in [-0.3, -0.25) is 0 Å². The molecule has 3 rings (SSSR count). The fourth-order valence-electron chi connectivity index (χ4n) is 2.93. The number of hydrogen-bond donors (Lipinski definition) is 1. The Morgan fingerprint density at radius 1 is 0.947 bits per heavy atom. The number of aliphatic hydroxyl groups excluding tert-OH is 1. The standard InChI is InChI=1S/C14H22N4O/c19-12-5-8-18(10-12)14-9-13(15-11-16-14)17-6-3-1-2-4-7-17/h9,11-12,19H,1-8,10H2. The molecular formula is C14H22N4O. The van der Waals surface area contributed by atoms with Crippen molar-refractivity contribution in [1.29, 1.82) is 0 Å². The molecule has 1 atom stereocenters. The van der Waals surface area contributed by atoms with Crippen molar-refractivity contribution < 1.29 is 5.11 Å². The predicted octanol–water partition coefficient (Wildman–Crippen LogP) is 1.43. The van der Waals surface area contributed by atoms with Crippen LogP contribution in [0.5, 0.6) is 0 Å². The number of β-amino-alcohol motifs (C(OH)–C–C–N with tert-alkyl or cyclic N) is 1. The topological polar surface area (TPSA) is 52.5 Å². The van der Waals surface area contributed by atoms with Gasteiger partial charge in [0, 0.05) is 32.2 Å². The van der Waals surface area contributed by atoms with Gasteiger partial charge in [0.2, 0.25) is 0 Å². The van der Waals surface area contributed by atoms with E-state index in [0.29, 0.717) is 6.54 Å². The van der Waals surface area contributed by atoms with Crippen molar-refractivity contribution in [1.82, 2.24) is 9.97 Å². The minimum atomic E-state index is -0.211. The molecule has 2 fully saturated rings. The van der Waals surface area contributed by atoms with Gasteiger partial charge in [-0.1, -0.05) is 12.8 Å². The Balaban J connectivity index is 1.75. The highest BCUT2D eigenvalue weighted by Crippen LogP contribution is 2.23. The van der Waals surface area contributed by atoms with E-state index < -0.39 is 0 Å². The smallest absolute Gasteiger partial charge is 0.134 e. The normalized spacial score (nSPS) is 24.6. The molecule has 1 unspecified atom stereocenters. The van der Waals surface area contributed by atoms with Crippen LogP contribution in [-0.2, 0) is 0 Å². The minimum absolute atomic E-state index is 0.211. The van der Waals surface area contributed by atoms with Crippen LogP contribution in [0.4, 0.5) is 11.6 Å². The lowest BCUT2D eigenvalue weighted by atomic mass is 10.2. The Kier molecular flexibility index (Phi) is 3.82. The number of aliphatic hydroxyl groups is 1. The summed E-state index contributed by atoms with van der Waals surface area (Å²) in [5.74, 6) is 1.99. The van der Waals surface area contributed by atoms with Crippen molar-refractivity contribution in [2.45, 2.75) is 38.2 Å². The van der Waals surface area contributed by atoms with Gasteiger partial charge in [0.15, 0.2) is 0 Å². The van der Waals surface area contributed by atoms with Crippen molar-refractivity contribution in [2.24, 2.45) is 0 Å². The van der Waals surface area contributed by atoms with Gasteiger partial charge in [-0.2, -0.15) is 0 Å². The van der Waals surface area contributed by atoms with Crippen LogP contribution in [0, 0.1) is 0 Å². The molecule has 0 amide bonds. The van der Waals surface area contributed by atoms with E-state index in [1.807, 2.05) is 0 Å². The van der Waals surface area contributed by atoms with E-state index in [-0.39, 0.29) is 6.10 Å². The van der Waals surface area contributed by atoms with Crippen LogP contribution >= 0.6 is 0 Å². The van der Waals surface area contributed by atoms with Crippen LogP contribution in [0.2, 0.25) is 0 Å². The molecule has 0 spiro atoms. The third-order valence-electron chi connectivity index (χ3n) is 4.06. The third-order valence-corrected chi connectivity index (χ3v) is 4.06. The summed E-state index contributed by atoms with van der Waals surface area (Å²) in [7, 11) is 0. The first-order valence-electron chi connectivity index (χ1n) is 7.33. The molecule has 0 bridgehead atoms. The lowest BCUT2D eigenvalue weighted by Crippen LogP contribution is -2.26. The maximum Gasteiger partial charge on any atom is 0.134 e. The summed E-state index contributed by atoms with van der Waals surface area (Å²) in [5.41, 5.74) is 0. The second kappa shape index (κ2) is 5.74. The summed E-state index contributed by atoms with van der Waals surface area (Å²) in [6.07, 6.45) is 7.43. The number of nitrogens with zero attached hydrogens (tertiary/aromatic N) is 4. The van der Waals surface area contributed by atoms with Crippen molar-refractivity contribution in [3.8, 4) is 0 Å². The molecular weight excluding hydrogens is 240 g/mol. The van der Waals surface area contributed by atoms with E-state index >= 15 is 0 Å². The van der Waals surface area contributed by atoms with Gasteiger partial charge >= 0.3 is 0 Å². The van der Waals surface area contributed by atoms with Crippen LogP contribution in [0.25, 0.3) is 0 Å². The van der Waals surface area contributed by atoms with Gasteiger partial charge in [0.1, 0.15) is 18.0 Å². The molecule has 2 saturated heterocycles. The van der Waals surface area contributed by atoms with E-state index in [9.17, 15) is 5.11 Å². The fraction of sp³-hybridized carbons (Fsp3) is 0.714. The first-order chi connectivity index (χ1) is 9.33. The van der Waals surface area contributed by atoms with Crippen molar-refractivity contribution in [3.05, 3.63) is 12.4 Å². The van der Waals surface area contributed by atoms with Crippen LogP contribution in [-0.4, -0.2) is 47.4 Å². The number of rotatable bonds is 2. The maximum atomic E-state index is 9.62. The monoisotopic (exact) mass is 262 g/mol. The van der Waals surface area contributed by atoms with Gasteiger partial charge < -0.3 is 14.9 Å². The summed E-state index contributed by atoms with van der Waals surface area (Å²) in [5, 5.41) is 9.62. The fourth-order valence-corrected chi connectivity index (χ4v) is 2.93. The first-order valence-corrected chi connectivity index (χ1v) is 7.33. The molecule has 0 radical (unpaired) electrons. The average Bonchev–Trinajstić information content (AvgIpc) is 2.71. The number of anilines is 2. The van der Waals surface area contributed by atoms with Gasteiger partial charge in [-0.05, 0) is 19.3 Å². The molecule has 2 aliphatic rings. The Morgan fingerprint density at radius 2 is 1.63 bits per heavy atom. The molecule has 3 heterocycles. The van der Waals surface area contributed by atoms with E-state index in [0.717, 1.165) is 37.7 Å². The van der Waals surface area contributed by atoms with E-state index in [2.05, 4.69) is 25.8 Å². The van der Waals surface area contributed by atoms with Crippen molar-refractivity contribution >= 4 is 11.6 Å². The molecule has 104 valence electrons. The zero-order chi connectivity index (χ0) is 13.1. The van der Waals surface area contributed by atoms with Crippen LogP contribution < -0.4 is 9.80 Å². The lowest BCUT2D eigenvalue weighted by molar-refractivity contribution is 0.198. The molecule has 5 heteroatoms. The predicted molar refractivity (Wildman–Crippen MR) is 75.5 cm³/mol. The first kappa shape index (κ1) is 12.7. The maximum absolute atomic E-state index is 9.62. The van der Waals surface area contributed by atoms with E-state index in [1.54, 1.807) is 6.33 Å². The van der Waals surface area contributed by atoms with Crippen LogP contribution in [0.15, 0.2) is 12.4 Å². The van der Waals surface area contributed by atoms with Gasteiger partial charge in [0.25, 0.3) is 0 Å². The second-order valence-electron chi connectivity index (χ2n) is 5.52.